The third kappa shape index (κ3) is 3.60. The quantitative estimate of drug-likeness (QED) is 0.863. The molecule has 1 atom stereocenters. The van der Waals surface area contributed by atoms with Gasteiger partial charge in [0.2, 0.25) is 0 Å². The number of halogens is 1. The number of hydrogen-bond donors (Lipinski definition) is 2. The van der Waals surface area contributed by atoms with Crippen molar-refractivity contribution in [2.45, 2.75) is 13.0 Å². The fourth-order valence-electron chi connectivity index (χ4n) is 2.15. The molecule has 0 bridgehead atoms. The topological polar surface area (TPSA) is 27.3 Å². The average Bonchev–Trinajstić information content (AvgIpc) is 2.30. The van der Waals surface area contributed by atoms with E-state index >= 15 is 0 Å². The van der Waals surface area contributed by atoms with E-state index in [9.17, 15) is 0 Å². The van der Waals surface area contributed by atoms with Gasteiger partial charge in [0.15, 0.2) is 0 Å². The zero-order valence-electron chi connectivity index (χ0n) is 10.5. The second-order valence-electron chi connectivity index (χ2n) is 4.75. The number of anilines is 1. The van der Waals surface area contributed by atoms with Gasteiger partial charge in [-0.3, -0.25) is 0 Å². The van der Waals surface area contributed by atoms with Crippen molar-refractivity contribution in [3.8, 4) is 0 Å². The van der Waals surface area contributed by atoms with E-state index in [0.29, 0.717) is 6.04 Å². The summed E-state index contributed by atoms with van der Waals surface area (Å²) in [6.07, 6.45) is 0. The van der Waals surface area contributed by atoms with Crippen LogP contribution < -0.4 is 10.6 Å². The first-order valence-corrected chi connectivity index (χ1v) is 6.45. The van der Waals surface area contributed by atoms with Gasteiger partial charge in [0.1, 0.15) is 0 Å². The van der Waals surface area contributed by atoms with Crippen LogP contribution in [0.3, 0.4) is 0 Å². The Hall–Kier alpha value is -0.770. The predicted molar refractivity (Wildman–Crippen MR) is 74.0 cm³/mol. The van der Waals surface area contributed by atoms with Gasteiger partial charge in [0.05, 0.1) is 0 Å². The summed E-state index contributed by atoms with van der Waals surface area (Å²) in [4.78, 5) is 2.35. The van der Waals surface area contributed by atoms with Crippen molar-refractivity contribution in [1.82, 2.24) is 10.2 Å². The molecule has 1 saturated heterocycles. The smallest absolute Gasteiger partial charge is 0.0426 e. The highest BCUT2D eigenvalue weighted by molar-refractivity contribution is 6.30. The highest BCUT2D eigenvalue weighted by Gasteiger charge is 2.15. The van der Waals surface area contributed by atoms with Gasteiger partial charge in [-0.25, -0.2) is 0 Å². The molecule has 0 aliphatic carbocycles. The van der Waals surface area contributed by atoms with Crippen molar-refractivity contribution in [2.75, 3.05) is 38.5 Å². The number of piperazine rings is 1. The summed E-state index contributed by atoms with van der Waals surface area (Å²) in [7, 11) is 2.17. The van der Waals surface area contributed by atoms with Gasteiger partial charge in [-0.15, -0.1) is 0 Å². The van der Waals surface area contributed by atoms with Crippen LogP contribution in [0.5, 0.6) is 0 Å². The second-order valence-corrected chi connectivity index (χ2v) is 5.19. The lowest BCUT2D eigenvalue weighted by Gasteiger charge is -2.31. The van der Waals surface area contributed by atoms with Crippen LogP contribution in [-0.2, 0) is 0 Å². The SMILES string of the molecule is Cc1ccc(Cl)cc1NCC1CN(C)CCN1. The molecular weight excluding hydrogens is 234 g/mol. The van der Waals surface area contributed by atoms with Crippen molar-refractivity contribution in [2.24, 2.45) is 0 Å². The molecule has 94 valence electrons. The largest absolute Gasteiger partial charge is 0.383 e. The average molecular weight is 254 g/mol. The second kappa shape index (κ2) is 5.71. The van der Waals surface area contributed by atoms with Crippen LogP contribution in [0.15, 0.2) is 18.2 Å². The molecule has 1 aliphatic rings. The predicted octanol–water partition coefficient (Wildman–Crippen LogP) is 1.96. The van der Waals surface area contributed by atoms with Crippen molar-refractivity contribution in [3.05, 3.63) is 28.8 Å². The number of benzene rings is 1. The third-order valence-electron chi connectivity index (χ3n) is 3.20. The molecule has 0 amide bonds. The Kier molecular flexibility index (Phi) is 4.26. The lowest BCUT2D eigenvalue weighted by atomic mass is 10.1. The number of aryl methyl sites for hydroxylation is 1. The summed E-state index contributed by atoms with van der Waals surface area (Å²) in [5.41, 5.74) is 2.37. The summed E-state index contributed by atoms with van der Waals surface area (Å²) < 4.78 is 0. The Morgan fingerprint density at radius 1 is 1.53 bits per heavy atom. The fraction of sp³-hybridized carbons (Fsp3) is 0.538. The molecule has 1 fully saturated rings. The molecule has 2 rings (SSSR count). The van der Waals surface area contributed by atoms with Gasteiger partial charge in [-0.2, -0.15) is 0 Å². The van der Waals surface area contributed by atoms with Crippen LogP contribution in [0, 0.1) is 6.92 Å². The van der Waals surface area contributed by atoms with Crippen molar-refractivity contribution >= 4 is 17.3 Å². The number of likely N-dealkylation sites (N-methyl/N-ethyl adjacent to an activating group) is 1. The van der Waals surface area contributed by atoms with Crippen molar-refractivity contribution in [3.63, 3.8) is 0 Å². The van der Waals surface area contributed by atoms with E-state index in [1.54, 1.807) is 0 Å². The zero-order valence-corrected chi connectivity index (χ0v) is 11.2. The van der Waals surface area contributed by atoms with Gasteiger partial charge in [-0.1, -0.05) is 17.7 Å². The maximum atomic E-state index is 6.00. The van der Waals surface area contributed by atoms with E-state index in [0.717, 1.165) is 36.9 Å². The molecule has 2 N–H and O–H groups in total. The van der Waals surface area contributed by atoms with Crippen LogP contribution in [0.1, 0.15) is 5.56 Å². The Morgan fingerprint density at radius 2 is 2.35 bits per heavy atom. The molecule has 1 aromatic rings. The molecular formula is C13H20ClN3. The minimum Gasteiger partial charge on any atom is -0.383 e. The lowest BCUT2D eigenvalue weighted by molar-refractivity contribution is 0.244. The fourth-order valence-corrected chi connectivity index (χ4v) is 2.32. The molecule has 1 aliphatic heterocycles. The van der Waals surface area contributed by atoms with Gasteiger partial charge in [0, 0.05) is 42.9 Å². The molecule has 0 radical (unpaired) electrons. The van der Waals surface area contributed by atoms with Gasteiger partial charge in [-0.05, 0) is 31.7 Å². The van der Waals surface area contributed by atoms with E-state index in [4.69, 9.17) is 11.6 Å². The first-order chi connectivity index (χ1) is 8.15. The Labute approximate surface area is 108 Å². The normalized spacial score (nSPS) is 21.5. The number of nitrogens with one attached hydrogen (secondary N) is 2. The molecule has 0 aromatic heterocycles. The molecule has 17 heavy (non-hydrogen) atoms. The Morgan fingerprint density at radius 3 is 3.12 bits per heavy atom. The highest BCUT2D eigenvalue weighted by Crippen LogP contribution is 2.20. The van der Waals surface area contributed by atoms with Gasteiger partial charge >= 0.3 is 0 Å². The van der Waals surface area contributed by atoms with E-state index < -0.39 is 0 Å². The summed E-state index contributed by atoms with van der Waals surface area (Å²) in [5.74, 6) is 0. The van der Waals surface area contributed by atoms with E-state index in [2.05, 4.69) is 29.5 Å². The Bertz CT molecular complexity index is 381. The summed E-state index contributed by atoms with van der Waals surface area (Å²) in [6, 6.07) is 6.47. The van der Waals surface area contributed by atoms with Crippen LogP contribution in [-0.4, -0.2) is 44.2 Å². The molecule has 1 aromatic carbocycles. The van der Waals surface area contributed by atoms with Crippen LogP contribution in [0.2, 0.25) is 5.02 Å². The van der Waals surface area contributed by atoms with Crippen LogP contribution in [0.25, 0.3) is 0 Å². The number of hydrogen-bond acceptors (Lipinski definition) is 3. The number of rotatable bonds is 3. The zero-order chi connectivity index (χ0) is 12.3. The minimum absolute atomic E-state index is 0.507. The monoisotopic (exact) mass is 253 g/mol. The molecule has 1 unspecified atom stereocenters. The molecule has 4 heteroatoms. The standard InChI is InChI=1S/C13H20ClN3/c1-10-3-4-11(14)7-13(10)16-8-12-9-17(2)6-5-15-12/h3-4,7,12,15-16H,5-6,8-9H2,1-2H3. The van der Waals surface area contributed by atoms with Crippen molar-refractivity contribution < 1.29 is 0 Å². The number of nitrogens with zero attached hydrogens (tertiary/aromatic N) is 1. The van der Waals surface area contributed by atoms with Crippen LogP contribution >= 0.6 is 11.6 Å². The van der Waals surface area contributed by atoms with Crippen LogP contribution in [0.4, 0.5) is 5.69 Å². The minimum atomic E-state index is 0.507. The maximum absolute atomic E-state index is 6.00. The molecule has 0 spiro atoms. The maximum Gasteiger partial charge on any atom is 0.0426 e. The lowest BCUT2D eigenvalue weighted by Crippen LogP contribution is -2.51. The van der Waals surface area contributed by atoms with Crippen molar-refractivity contribution in [1.29, 1.82) is 0 Å². The van der Waals surface area contributed by atoms with E-state index in [1.165, 1.54) is 5.56 Å². The van der Waals surface area contributed by atoms with Gasteiger partial charge in [0.25, 0.3) is 0 Å². The summed E-state index contributed by atoms with van der Waals surface area (Å²) in [6.45, 7) is 6.32. The Balaban J connectivity index is 1.90. The summed E-state index contributed by atoms with van der Waals surface area (Å²) in [5, 5.41) is 7.77. The molecule has 0 saturated carbocycles. The van der Waals surface area contributed by atoms with E-state index in [-0.39, 0.29) is 0 Å². The highest BCUT2D eigenvalue weighted by atomic mass is 35.5. The first-order valence-electron chi connectivity index (χ1n) is 6.07. The molecule has 1 heterocycles. The third-order valence-corrected chi connectivity index (χ3v) is 3.43. The first kappa shape index (κ1) is 12.7. The van der Waals surface area contributed by atoms with Gasteiger partial charge < -0.3 is 15.5 Å². The van der Waals surface area contributed by atoms with E-state index in [1.807, 2.05) is 18.2 Å². The summed E-state index contributed by atoms with van der Waals surface area (Å²) >= 11 is 6.00. The molecule has 3 nitrogen and oxygen atoms in total.